The van der Waals surface area contributed by atoms with Gasteiger partial charge in [0.2, 0.25) is 0 Å². The van der Waals surface area contributed by atoms with Crippen molar-refractivity contribution < 1.29 is 13.2 Å². The molecular weight excluding hydrogens is 412 g/mol. The van der Waals surface area contributed by atoms with Gasteiger partial charge in [0.15, 0.2) is 5.03 Å². The first-order valence-electron chi connectivity index (χ1n) is 10.4. The number of sulfonamides is 1. The van der Waals surface area contributed by atoms with Crippen molar-refractivity contribution >= 4 is 10.0 Å². The van der Waals surface area contributed by atoms with Crippen LogP contribution in [0.1, 0.15) is 29.0 Å². The summed E-state index contributed by atoms with van der Waals surface area (Å²) < 4.78 is 34.5. The number of fused-ring (bicyclic) bond motifs is 1. The topological polar surface area (TPSA) is 99.2 Å². The lowest BCUT2D eigenvalue weighted by Crippen LogP contribution is -2.34. The lowest BCUT2D eigenvalue weighted by molar-refractivity contribution is 0.321. The van der Waals surface area contributed by atoms with Crippen LogP contribution in [0.25, 0.3) is 0 Å². The number of ether oxygens (including phenoxy) is 1. The summed E-state index contributed by atoms with van der Waals surface area (Å²) in [5.74, 6) is 0.959. The molecule has 1 heterocycles. The third-order valence-corrected chi connectivity index (χ3v) is 7.04. The van der Waals surface area contributed by atoms with Crippen LogP contribution in [0.5, 0.6) is 5.75 Å². The van der Waals surface area contributed by atoms with Crippen molar-refractivity contribution in [3.63, 3.8) is 0 Å². The molecular formula is C23H28N4O3S. The third-order valence-electron chi connectivity index (χ3n) is 5.70. The SMILES string of the molecule is Cn1cnc(S(=O)(=O)NCCOc2ccc3c(c2)[C@@H](Cc2ccccc2)[C@@H](N)CC3)c1. The monoisotopic (exact) mass is 440 g/mol. The van der Waals surface area contributed by atoms with Gasteiger partial charge in [-0.2, -0.15) is 0 Å². The van der Waals surface area contributed by atoms with E-state index in [1.165, 1.54) is 29.2 Å². The number of benzene rings is 2. The average molecular weight is 441 g/mol. The summed E-state index contributed by atoms with van der Waals surface area (Å²) in [4.78, 5) is 3.88. The maximum atomic E-state index is 12.2. The van der Waals surface area contributed by atoms with E-state index in [4.69, 9.17) is 10.5 Å². The molecule has 4 rings (SSSR count). The summed E-state index contributed by atoms with van der Waals surface area (Å²) in [5, 5.41) is 0.00141. The minimum Gasteiger partial charge on any atom is -0.492 e. The first kappa shape index (κ1) is 21.5. The second kappa shape index (κ2) is 9.21. The predicted molar refractivity (Wildman–Crippen MR) is 120 cm³/mol. The van der Waals surface area contributed by atoms with E-state index >= 15 is 0 Å². The molecule has 0 saturated heterocycles. The summed E-state index contributed by atoms with van der Waals surface area (Å²) in [6.07, 6.45) is 5.74. The first-order chi connectivity index (χ1) is 14.9. The Labute approximate surface area is 183 Å². The Hall–Kier alpha value is -2.68. The summed E-state index contributed by atoms with van der Waals surface area (Å²) >= 11 is 0. The van der Waals surface area contributed by atoms with E-state index in [1.54, 1.807) is 11.6 Å². The van der Waals surface area contributed by atoms with Gasteiger partial charge in [-0.25, -0.2) is 18.1 Å². The molecule has 3 aromatic rings. The number of rotatable bonds is 8. The van der Waals surface area contributed by atoms with E-state index in [0.29, 0.717) is 0 Å². The number of imidazole rings is 1. The van der Waals surface area contributed by atoms with E-state index in [-0.39, 0.29) is 30.1 Å². The fourth-order valence-corrected chi connectivity index (χ4v) is 5.06. The Morgan fingerprint density at radius 3 is 2.77 bits per heavy atom. The fourth-order valence-electron chi connectivity index (χ4n) is 4.07. The Morgan fingerprint density at radius 2 is 2.03 bits per heavy atom. The van der Waals surface area contributed by atoms with Crippen LogP contribution in [0.3, 0.4) is 0 Å². The van der Waals surface area contributed by atoms with Crippen molar-refractivity contribution in [3.05, 3.63) is 77.7 Å². The van der Waals surface area contributed by atoms with Crippen LogP contribution in [0.15, 0.2) is 66.1 Å². The quantitative estimate of drug-likeness (QED) is 0.524. The van der Waals surface area contributed by atoms with Crippen molar-refractivity contribution in [1.82, 2.24) is 14.3 Å². The minimum absolute atomic E-state index is 0.00141. The molecule has 0 fully saturated rings. The summed E-state index contributed by atoms with van der Waals surface area (Å²) in [6, 6.07) is 16.6. The van der Waals surface area contributed by atoms with Gasteiger partial charge < -0.3 is 15.0 Å². The van der Waals surface area contributed by atoms with E-state index in [9.17, 15) is 8.42 Å². The van der Waals surface area contributed by atoms with Crippen LogP contribution >= 0.6 is 0 Å². The largest absolute Gasteiger partial charge is 0.492 e. The van der Waals surface area contributed by atoms with Gasteiger partial charge in [0.1, 0.15) is 12.4 Å². The van der Waals surface area contributed by atoms with Crippen LogP contribution in [0.4, 0.5) is 0 Å². The highest BCUT2D eigenvalue weighted by molar-refractivity contribution is 7.89. The highest BCUT2D eigenvalue weighted by Crippen LogP contribution is 2.35. The molecule has 8 heteroatoms. The third kappa shape index (κ3) is 5.15. The highest BCUT2D eigenvalue weighted by atomic mass is 32.2. The number of hydrogen-bond acceptors (Lipinski definition) is 5. The summed E-state index contributed by atoms with van der Waals surface area (Å²) in [7, 11) is -1.91. The molecule has 1 aliphatic rings. The second-order valence-electron chi connectivity index (χ2n) is 7.98. The zero-order valence-electron chi connectivity index (χ0n) is 17.6. The van der Waals surface area contributed by atoms with Crippen molar-refractivity contribution in [2.75, 3.05) is 13.2 Å². The van der Waals surface area contributed by atoms with Crippen molar-refractivity contribution in [3.8, 4) is 5.75 Å². The van der Waals surface area contributed by atoms with Crippen LogP contribution in [-0.2, 0) is 29.9 Å². The number of aryl methyl sites for hydroxylation is 2. The molecule has 1 aromatic heterocycles. The van der Waals surface area contributed by atoms with E-state index in [0.717, 1.165) is 25.0 Å². The van der Waals surface area contributed by atoms with Gasteiger partial charge in [-0.3, -0.25) is 0 Å². The lowest BCUT2D eigenvalue weighted by atomic mass is 9.76. The number of aromatic nitrogens is 2. The molecule has 0 aliphatic heterocycles. The van der Waals surface area contributed by atoms with E-state index in [2.05, 4.69) is 46.1 Å². The van der Waals surface area contributed by atoms with Gasteiger partial charge in [-0.05, 0) is 48.1 Å². The van der Waals surface area contributed by atoms with Crippen molar-refractivity contribution in [2.45, 2.75) is 36.2 Å². The summed E-state index contributed by atoms with van der Waals surface area (Å²) in [6.45, 7) is 0.378. The normalized spacial score (nSPS) is 18.5. The molecule has 0 amide bonds. The Kier molecular flexibility index (Phi) is 6.41. The van der Waals surface area contributed by atoms with Gasteiger partial charge in [-0.15, -0.1) is 0 Å². The average Bonchev–Trinajstić information content (AvgIpc) is 3.21. The van der Waals surface area contributed by atoms with Crippen LogP contribution < -0.4 is 15.2 Å². The predicted octanol–water partition coefficient (Wildman–Crippen LogP) is 2.38. The molecule has 7 nitrogen and oxygen atoms in total. The molecule has 0 unspecified atom stereocenters. The number of nitrogens with two attached hydrogens (primary N) is 1. The van der Waals surface area contributed by atoms with Crippen LogP contribution in [-0.4, -0.2) is 37.2 Å². The molecule has 0 saturated carbocycles. The molecule has 0 radical (unpaired) electrons. The van der Waals surface area contributed by atoms with Gasteiger partial charge >= 0.3 is 0 Å². The Morgan fingerprint density at radius 1 is 1.23 bits per heavy atom. The highest BCUT2D eigenvalue weighted by Gasteiger charge is 2.27. The minimum atomic E-state index is -3.64. The zero-order valence-corrected chi connectivity index (χ0v) is 18.4. The van der Waals surface area contributed by atoms with Gasteiger partial charge in [0.25, 0.3) is 10.0 Å². The number of nitrogens with zero attached hydrogens (tertiary/aromatic N) is 2. The van der Waals surface area contributed by atoms with Crippen molar-refractivity contribution in [2.24, 2.45) is 12.8 Å². The van der Waals surface area contributed by atoms with Gasteiger partial charge in [0.05, 0.1) is 6.33 Å². The van der Waals surface area contributed by atoms with E-state index < -0.39 is 10.0 Å². The van der Waals surface area contributed by atoms with Crippen LogP contribution in [0.2, 0.25) is 0 Å². The van der Waals surface area contributed by atoms with Crippen molar-refractivity contribution in [1.29, 1.82) is 0 Å². The van der Waals surface area contributed by atoms with Gasteiger partial charge in [0, 0.05) is 31.7 Å². The van der Waals surface area contributed by atoms with Gasteiger partial charge in [-0.1, -0.05) is 36.4 Å². The zero-order chi connectivity index (χ0) is 21.8. The molecule has 0 bridgehead atoms. The fraction of sp³-hybridized carbons (Fsp3) is 0.348. The second-order valence-corrected chi connectivity index (χ2v) is 9.70. The molecule has 164 valence electrons. The summed E-state index contributed by atoms with van der Waals surface area (Å²) in [5.41, 5.74) is 10.3. The molecule has 2 atom stereocenters. The number of hydrogen-bond donors (Lipinski definition) is 2. The van der Waals surface area contributed by atoms with E-state index in [1.807, 2.05) is 12.1 Å². The maximum absolute atomic E-state index is 12.2. The molecule has 3 N–H and O–H groups in total. The van der Waals surface area contributed by atoms with Crippen LogP contribution in [0, 0.1) is 0 Å². The standard InChI is InChI=1S/C23H28N4O3S/c1-27-15-23(25-16-27)31(28,29)26-11-12-30-19-9-7-18-8-10-22(24)21(20(18)14-19)13-17-5-3-2-4-6-17/h2-7,9,14-16,21-22,26H,8,10-13,24H2,1H3/t21-,22+/m1/s1. The number of nitrogens with one attached hydrogen (secondary N) is 1. The molecule has 31 heavy (non-hydrogen) atoms. The first-order valence-corrected chi connectivity index (χ1v) is 11.9. The lowest BCUT2D eigenvalue weighted by Gasteiger charge is -2.32. The Balaban J connectivity index is 1.40. The molecule has 2 aromatic carbocycles. The molecule has 0 spiro atoms. The smallest absolute Gasteiger partial charge is 0.259 e. The Bertz CT molecular complexity index is 1130. The maximum Gasteiger partial charge on any atom is 0.259 e. The molecule has 1 aliphatic carbocycles.